The minimum atomic E-state index is -0.681. The minimum absolute atomic E-state index is 0.278. The van der Waals surface area contributed by atoms with Crippen molar-refractivity contribution < 1.29 is 9.53 Å². The van der Waals surface area contributed by atoms with E-state index in [2.05, 4.69) is 12.6 Å². The van der Waals surface area contributed by atoms with Gasteiger partial charge in [0.05, 0.1) is 12.5 Å². The molecule has 0 amide bonds. The summed E-state index contributed by atoms with van der Waals surface area (Å²) in [5, 5.41) is 0. The maximum atomic E-state index is 11.6. The molecule has 0 atom stereocenters. The number of ether oxygens (including phenoxy) is 1. The number of carbonyl (C=O) groups is 1. The Morgan fingerprint density at radius 3 is 2.53 bits per heavy atom. The van der Waals surface area contributed by atoms with Gasteiger partial charge in [0.25, 0.3) is 0 Å². The van der Waals surface area contributed by atoms with Gasteiger partial charge < -0.3 is 10.5 Å². The van der Waals surface area contributed by atoms with E-state index < -0.39 is 5.41 Å². The van der Waals surface area contributed by atoms with E-state index in [1.807, 2.05) is 6.07 Å². The van der Waals surface area contributed by atoms with Gasteiger partial charge in [0, 0.05) is 10.6 Å². The Hall–Kier alpha value is -1.16. The Bertz CT molecular complexity index is 388. The quantitative estimate of drug-likeness (QED) is 0.460. The Labute approximate surface area is 95.0 Å². The molecular formula is C11H15NO2S. The average Bonchev–Trinajstić information content (AvgIpc) is 2.20. The molecular weight excluding hydrogens is 210 g/mol. The molecule has 0 heterocycles. The van der Waals surface area contributed by atoms with Crippen LogP contribution in [0, 0.1) is 0 Å². The third kappa shape index (κ3) is 2.26. The van der Waals surface area contributed by atoms with E-state index >= 15 is 0 Å². The van der Waals surface area contributed by atoms with Crippen LogP contribution >= 0.6 is 12.6 Å². The Morgan fingerprint density at radius 1 is 1.47 bits per heavy atom. The summed E-state index contributed by atoms with van der Waals surface area (Å²) in [4.78, 5) is 12.2. The zero-order chi connectivity index (χ0) is 11.6. The summed E-state index contributed by atoms with van der Waals surface area (Å²) in [6, 6.07) is 5.34. The number of carbonyl (C=O) groups excluding carboxylic acids is 1. The first-order chi connectivity index (χ1) is 6.89. The summed E-state index contributed by atoms with van der Waals surface area (Å²) < 4.78 is 4.74. The second-order valence-electron chi connectivity index (χ2n) is 3.89. The van der Waals surface area contributed by atoms with Crippen LogP contribution in [0.5, 0.6) is 0 Å². The van der Waals surface area contributed by atoms with Crippen LogP contribution in [-0.4, -0.2) is 13.1 Å². The highest BCUT2D eigenvalue weighted by molar-refractivity contribution is 7.80. The zero-order valence-corrected chi connectivity index (χ0v) is 9.97. The molecule has 2 N–H and O–H groups in total. The fourth-order valence-corrected chi connectivity index (χ4v) is 1.52. The smallest absolute Gasteiger partial charge is 0.315 e. The van der Waals surface area contributed by atoms with Gasteiger partial charge in [-0.3, -0.25) is 4.79 Å². The van der Waals surface area contributed by atoms with Gasteiger partial charge in [0.2, 0.25) is 0 Å². The van der Waals surface area contributed by atoms with Crippen LogP contribution in [0.3, 0.4) is 0 Å². The summed E-state index contributed by atoms with van der Waals surface area (Å²) in [6.45, 7) is 3.61. The van der Waals surface area contributed by atoms with Crippen molar-refractivity contribution in [3.63, 3.8) is 0 Å². The standard InChI is InChI=1S/C11H15NO2S/c1-11(2,10(13)14-3)7-4-5-8(12)9(15)6-7/h4-6,15H,12H2,1-3H3. The summed E-state index contributed by atoms with van der Waals surface area (Å²) in [5.74, 6) is -0.278. The van der Waals surface area contributed by atoms with Crippen molar-refractivity contribution in [1.82, 2.24) is 0 Å². The van der Waals surface area contributed by atoms with Gasteiger partial charge in [-0.1, -0.05) is 6.07 Å². The molecule has 0 fully saturated rings. The number of esters is 1. The van der Waals surface area contributed by atoms with Crippen LogP contribution in [0.15, 0.2) is 23.1 Å². The van der Waals surface area contributed by atoms with Gasteiger partial charge >= 0.3 is 5.97 Å². The van der Waals surface area contributed by atoms with Crippen LogP contribution in [0.25, 0.3) is 0 Å². The molecule has 1 aromatic carbocycles. The molecule has 0 aliphatic carbocycles. The zero-order valence-electron chi connectivity index (χ0n) is 9.07. The molecule has 0 saturated carbocycles. The normalized spacial score (nSPS) is 11.2. The van der Waals surface area contributed by atoms with Gasteiger partial charge in [0.1, 0.15) is 0 Å². The first-order valence-corrected chi connectivity index (χ1v) is 5.01. The summed E-state index contributed by atoms with van der Waals surface area (Å²) in [6.07, 6.45) is 0. The minimum Gasteiger partial charge on any atom is -0.468 e. The molecule has 0 aliphatic heterocycles. The largest absolute Gasteiger partial charge is 0.468 e. The number of hydrogen-bond donors (Lipinski definition) is 2. The fourth-order valence-electron chi connectivity index (χ4n) is 1.31. The van der Waals surface area contributed by atoms with Crippen molar-refractivity contribution in [1.29, 1.82) is 0 Å². The van der Waals surface area contributed by atoms with Crippen LogP contribution in [0.4, 0.5) is 5.69 Å². The van der Waals surface area contributed by atoms with Crippen LogP contribution < -0.4 is 5.73 Å². The van der Waals surface area contributed by atoms with Gasteiger partial charge in [-0.15, -0.1) is 12.6 Å². The van der Waals surface area contributed by atoms with E-state index in [-0.39, 0.29) is 5.97 Å². The van der Waals surface area contributed by atoms with Crippen molar-refractivity contribution >= 4 is 24.3 Å². The summed E-state index contributed by atoms with van der Waals surface area (Å²) in [5.41, 5.74) is 6.41. The number of anilines is 1. The fraction of sp³-hybridized carbons (Fsp3) is 0.364. The third-order valence-electron chi connectivity index (χ3n) is 2.45. The summed E-state index contributed by atoms with van der Waals surface area (Å²) in [7, 11) is 1.38. The maximum absolute atomic E-state index is 11.6. The van der Waals surface area contributed by atoms with Gasteiger partial charge in [-0.05, 0) is 31.5 Å². The Balaban J connectivity index is 3.16. The van der Waals surface area contributed by atoms with E-state index in [0.29, 0.717) is 10.6 Å². The number of hydrogen-bond acceptors (Lipinski definition) is 4. The molecule has 82 valence electrons. The van der Waals surface area contributed by atoms with E-state index in [4.69, 9.17) is 10.5 Å². The number of benzene rings is 1. The van der Waals surface area contributed by atoms with E-state index in [1.54, 1.807) is 26.0 Å². The average molecular weight is 225 g/mol. The Morgan fingerprint density at radius 2 is 2.07 bits per heavy atom. The number of methoxy groups -OCH3 is 1. The van der Waals surface area contributed by atoms with Crippen molar-refractivity contribution in [3.05, 3.63) is 23.8 Å². The molecule has 0 aliphatic rings. The SMILES string of the molecule is COC(=O)C(C)(C)c1ccc(N)c(S)c1. The molecule has 1 aromatic rings. The number of thiol groups is 1. The monoisotopic (exact) mass is 225 g/mol. The summed E-state index contributed by atoms with van der Waals surface area (Å²) >= 11 is 4.22. The van der Waals surface area contributed by atoms with E-state index in [1.165, 1.54) is 7.11 Å². The highest BCUT2D eigenvalue weighted by atomic mass is 32.1. The molecule has 0 aromatic heterocycles. The van der Waals surface area contributed by atoms with E-state index in [9.17, 15) is 4.79 Å². The highest BCUT2D eigenvalue weighted by Gasteiger charge is 2.30. The highest BCUT2D eigenvalue weighted by Crippen LogP contribution is 2.28. The molecule has 0 saturated heterocycles. The van der Waals surface area contributed by atoms with Crippen LogP contribution in [-0.2, 0) is 14.9 Å². The first kappa shape index (κ1) is 11.9. The van der Waals surface area contributed by atoms with Gasteiger partial charge in [0.15, 0.2) is 0 Å². The molecule has 15 heavy (non-hydrogen) atoms. The first-order valence-electron chi connectivity index (χ1n) is 4.57. The lowest BCUT2D eigenvalue weighted by Gasteiger charge is -2.22. The molecule has 0 unspecified atom stereocenters. The predicted octanol–water partition coefficient (Wildman–Crippen LogP) is 2.01. The van der Waals surface area contributed by atoms with E-state index in [0.717, 1.165) is 5.56 Å². The number of rotatable bonds is 2. The third-order valence-corrected chi connectivity index (χ3v) is 2.84. The van der Waals surface area contributed by atoms with Crippen molar-refractivity contribution in [2.75, 3.05) is 12.8 Å². The maximum Gasteiger partial charge on any atom is 0.315 e. The lowest BCUT2D eigenvalue weighted by atomic mass is 9.85. The molecule has 0 spiro atoms. The number of nitrogen functional groups attached to an aromatic ring is 1. The van der Waals surface area contributed by atoms with Gasteiger partial charge in [-0.2, -0.15) is 0 Å². The lowest BCUT2D eigenvalue weighted by Crippen LogP contribution is -2.30. The lowest BCUT2D eigenvalue weighted by molar-refractivity contribution is -0.146. The predicted molar refractivity (Wildman–Crippen MR) is 63.1 cm³/mol. The second-order valence-corrected chi connectivity index (χ2v) is 4.37. The number of nitrogens with two attached hydrogens (primary N) is 1. The second kappa shape index (κ2) is 4.14. The van der Waals surface area contributed by atoms with Crippen molar-refractivity contribution in [3.8, 4) is 0 Å². The van der Waals surface area contributed by atoms with Crippen molar-refractivity contribution in [2.45, 2.75) is 24.2 Å². The van der Waals surface area contributed by atoms with Crippen molar-refractivity contribution in [2.24, 2.45) is 0 Å². The molecule has 0 bridgehead atoms. The topological polar surface area (TPSA) is 52.3 Å². The van der Waals surface area contributed by atoms with Gasteiger partial charge in [-0.25, -0.2) is 0 Å². The Kier molecular flexibility index (Phi) is 3.29. The molecule has 1 rings (SSSR count). The molecule has 3 nitrogen and oxygen atoms in total. The molecule has 4 heteroatoms. The van der Waals surface area contributed by atoms with Crippen LogP contribution in [0.2, 0.25) is 0 Å². The molecule has 0 radical (unpaired) electrons. The van der Waals surface area contributed by atoms with Crippen LogP contribution in [0.1, 0.15) is 19.4 Å².